The number of hydrogen-bond acceptors (Lipinski definition) is 1. The number of phenols is 1. The molecule has 0 heterocycles. The Hall–Kier alpha value is -3.06. The molecular formula is C23H20O. The predicted molar refractivity (Wildman–Crippen MR) is 104 cm³/mol. The maximum atomic E-state index is 10.3. The van der Waals surface area contributed by atoms with Crippen LogP contribution in [0.3, 0.4) is 0 Å². The fourth-order valence-electron chi connectivity index (χ4n) is 2.57. The first-order valence-corrected chi connectivity index (χ1v) is 8.02. The minimum atomic E-state index is 0.332. The van der Waals surface area contributed by atoms with Gasteiger partial charge in [-0.15, -0.1) is 0 Å². The zero-order valence-corrected chi connectivity index (χ0v) is 13.7. The molecule has 1 nitrogen and oxygen atoms in total. The summed E-state index contributed by atoms with van der Waals surface area (Å²) in [4.78, 5) is 0. The number of aromatic hydroxyl groups is 1. The monoisotopic (exact) mass is 312 g/mol. The molecule has 1 heteroatoms. The van der Waals surface area contributed by atoms with Crippen LogP contribution in [0.4, 0.5) is 0 Å². The minimum absolute atomic E-state index is 0.332. The van der Waals surface area contributed by atoms with Crippen molar-refractivity contribution in [3.05, 3.63) is 101 Å². The van der Waals surface area contributed by atoms with Crippen LogP contribution in [0.15, 0.2) is 72.8 Å². The third-order valence-electron chi connectivity index (χ3n) is 3.88. The third kappa shape index (κ3) is 4.02. The number of aryl methyl sites for hydroxylation is 1. The highest BCUT2D eigenvalue weighted by Crippen LogP contribution is 2.27. The van der Waals surface area contributed by atoms with Gasteiger partial charge in [0.15, 0.2) is 0 Å². The zero-order valence-electron chi connectivity index (χ0n) is 13.7. The van der Waals surface area contributed by atoms with Crippen molar-refractivity contribution in [3.63, 3.8) is 0 Å². The molecule has 1 N–H and O–H groups in total. The van der Waals surface area contributed by atoms with Crippen LogP contribution in [0.1, 0.15) is 27.8 Å². The van der Waals surface area contributed by atoms with Crippen molar-refractivity contribution >= 4 is 24.3 Å². The molecule has 0 saturated carbocycles. The first-order chi connectivity index (χ1) is 11.7. The summed E-state index contributed by atoms with van der Waals surface area (Å²) in [6.45, 7) is 1.93. The van der Waals surface area contributed by atoms with Gasteiger partial charge in [0.25, 0.3) is 0 Å². The van der Waals surface area contributed by atoms with Gasteiger partial charge in [-0.05, 0) is 41.3 Å². The van der Waals surface area contributed by atoms with Gasteiger partial charge in [0.1, 0.15) is 5.75 Å². The summed E-state index contributed by atoms with van der Waals surface area (Å²) >= 11 is 0. The van der Waals surface area contributed by atoms with Crippen molar-refractivity contribution < 1.29 is 5.11 Å². The largest absolute Gasteiger partial charge is 0.507 e. The van der Waals surface area contributed by atoms with E-state index in [9.17, 15) is 5.11 Å². The highest BCUT2D eigenvalue weighted by molar-refractivity contribution is 5.77. The van der Waals surface area contributed by atoms with Crippen molar-refractivity contribution in [1.29, 1.82) is 0 Å². The highest BCUT2D eigenvalue weighted by Gasteiger charge is 2.03. The summed E-state index contributed by atoms with van der Waals surface area (Å²) in [6, 6.07) is 24.3. The second-order valence-corrected chi connectivity index (χ2v) is 5.76. The van der Waals surface area contributed by atoms with Crippen molar-refractivity contribution in [2.45, 2.75) is 6.92 Å². The van der Waals surface area contributed by atoms with Crippen LogP contribution in [0.5, 0.6) is 5.75 Å². The molecule has 0 radical (unpaired) electrons. The van der Waals surface area contributed by atoms with Crippen LogP contribution in [-0.4, -0.2) is 5.11 Å². The normalized spacial score (nSPS) is 11.4. The molecule has 3 rings (SSSR count). The average Bonchev–Trinajstić information content (AvgIpc) is 2.63. The van der Waals surface area contributed by atoms with E-state index >= 15 is 0 Å². The predicted octanol–water partition coefficient (Wildman–Crippen LogP) is 6.04. The van der Waals surface area contributed by atoms with Gasteiger partial charge in [-0.1, -0.05) is 85.0 Å². The molecule has 0 bridgehead atoms. The van der Waals surface area contributed by atoms with Crippen molar-refractivity contribution in [3.8, 4) is 5.75 Å². The lowest BCUT2D eigenvalue weighted by molar-refractivity contribution is 0.470. The topological polar surface area (TPSA) is 20.2 Å². The molecule has 0 aliphatic carbocycles. The second kappa shape index (κ2) is 7.47. The summed E-state index contributed by atoms with van der Waals surface area (Å²) in [5.41, 5.74) is 5.04. The summed E-state index contributed by atoms with van der Waals surface area (Å²) < 4.78 is 0. The van der Waals surface area contributed by atoms with Crippen LogP contribution >= 0.6 is 0 Å². The second-order valence-electron chi connectivity index (χ2n) is 5.76. The zero-order chi connectivity index (χ0) is 16.8. The van der Waals surface area contributed by atoms with Crippen molar-refractivity contribution in [2.24, 2.45) is 0 Å². The standard InChI is InChI=1S/C23H20O/c1-18-16-21(13-12-19-8-4-2-5-9-19)17-22(23(18)24)15-14-20-10-6-3-7-11-20/h2-17,24H,1H3/b13-12+,15-14+. The number of benzene rings is 3. The Morgan fingerprint density at radius 1 is 0.625 bits per heavy atom. The molecule has 0 aliphatic heterocycles. The molecule has 0 atom stereocenters. The Balaban J connectivity index is 1.89. The molecule has 118 valence electrons. The van der Waals surface area contributed by atoms with Gasteiger partial charge >= 0.3 is 0 Å². The highest BCUT2D eigenvalue weighted by atomic mass is 16.3. The van der Waals surface area contributed by atoms with E-state index in [1.807, 2.05) is 79.7 Å². The van der Waals surface area contributed by atoms with E-state index in [0.29, 0.717) is 5.75 Å². The maximum Gasteiger partial charge on any atom is 0.125 e. The molecule has 0 amide bonds. The van der Waals surface area contributed by atoms with E-state index in [0.717, 1.165) is 27.8 Å². The molecule has 0 saturated heterocycles. The Morgan fingerprint density at radius 3 is 1.71 bits per heavy atom. The fourth-order valence-corrected chi connectivity index (χ4v) is 2.57. The number of hydrogen-bond donors (Lipinski definition) is 1. The Labute approximate surface area is 143 Å². The maximum absolute atomic E-state index is 10.3. The van der Waals surface area contributed by atoms with Crippen LogP contribution < -0.4 is 0 Å². The third-order valence-corrected chi connectivity index (χ3v) is 3.88. The molecule has 3 aromatic carbocycles. The smallest absolute Gasteiger partial charge is 0.125 e. The van der Waals surface area contributed by atoms with Crippen molar-refractivity contribution in [1.82, 2.24) is 0 Å². The molecular weight excluding hydrogens is 292 g/mol. The number of rotatable bonds is 4. The Bertz CT molecular complexity index is 859. The van der Waals surface area contributed by atoms with Gasteiger partial charge in [0.2, 0.25) is 0 Å². The lowest BCUT2D eigenvalue weighted by Crippen LogP contribution is -1.84. The molecule has 0 fully saturated rings. The average molecular weight is 312 g/mol. The summed E-state index contributed by atoms with van der Waals surface area (Å²) in [7, 11) is 0. The van der Waals surface area contributed by atoms with E-state index in [4.69, 9.17) is 0 Å². The van der Waals surface area contributed by atoms with Crippen LogP contribution in [-0.2, 0) is 0 Å². The first-order valence-electron chi connectivity index (χ1n) is 8.02. The van der Waals surface area contributed by atoms with Gasteiger partial charge in [-0.25, -0.2) is 0 Å². The summed E-state index contributed by atoms with van der Waals surface area (Å²) in [5, 5.41) is 10.3. The van der Waals surface area contributed by atoms with Crippen LogP contribution in [0.2, 0.25) is 0 Å². The summed E-state index contributed by atoms with van der Waals surface area (Å²) in [6.07, 6.45) is 8.12. The fraction of sp³-hybridized carbons (Fsp3) is 0.0435. The lowest BCUT2D eigenvalue weighted by Gasteiger charge is -2.06. The van der Waals surface area contributed by atoms with Crippen LogP contribution in [0.25, 0.3) is 24.3 Å². The molecule has 0 aliphatic rings. The quantitative estimate of drug-likeness (QED) is 0.582. The first kappa shape index (κ1) is 15.8. The van der Waals surface area contributed by atoms with E-state index in [-0.39, 0.29) is 0 Å². The van der Waals surface area contributed by atoms with E-state index in [1.54, 1.807) is 0 Å². The van der Waals surface area contributed by atoms with Gasteiger partial charge in [-0.2, -0.15) is 0 Å². The molecule has 3 aromatic rings. The van der Waals surface area contributed by atoms with E-state index in [1.165, 1.54) is 0 Å². The number of phenolic OH excluding ortho intramolecular Hbond substituents is 1. The van der Waals surface area contributed by atoms with E-state index < -0.39 is 0 Å². The molecule has 0 spiro atoms. The Morgan fingerprint density at radius 2 is 1.12 bits per heavy atom. The minimum Gasteiger partial charge on any atom is -0.507 e. The summed E-state index contributed by atoms with van der Waals surface area (Å²) in [5.74, 6) is 0.332. The van der Waals surface area contributed by atoms with Gasteiger partial charge < -0.3 is 5.11 Å². The van der Waals surface area contributed by atoms with Gasteiger partial charge in [-0.3, -0.25) is 0 Å². The van der Waals surface area contributed by atoms with Gasteiger partial charge in [0, 0.05) is 5.56 Å². The lowest BCUT2D eigenvalue weighted by atomic mass is 10.0. The molecule has 24 heavy (non-hydrogen) atoms. The van der Waals surface area contributed by atoms with E-state index in [2.05, 4.69) is 24.3 Å². The van der Waals surface area contributed by atoms with Crippen molar-refractivity contribution in [2.75, 3.05) is 0 Å². The van der Waals surface area contributed by atoms with Crippen LogP contribution in [0, 0.1) is 6.92 Å². The van der Waals surface area contributed by atoms with Gasteiger partial charge in [0.05, 0.1) is 0 Å². The Kier molecular flexibility index (Phi) is 4.93. The molecule has 0 unspecified atom stereocenters. The SMILES string of the molecule is Cc1cc(/C=C/c2ccccc2)cc(/C=C/c2ccccc2)c1O. The molecule has 0 aromatic heterocycles.